The number of ether oxygens (including phenoxy) is 6. The Kier molecular flexibility index (Phi) is 6.69. The Bertz CT molecular complexity index is 1010. The third-order valence-electron chi connectivity index (χ3n) is 5.01. The van der Waals surface area contributed by atoms with Gasteiger partial charge in [-0.3, -0.25) is 4.79 Å². The molecule has 0 spiro atoms. The predicted molar refractivity (Wildman–Crippen MR) is 112 cm³/mol. The van der Waals surface area contributed by atoms with E-state index in [4.69, 9.17) is 23.7 Å². The summed E-state index contributed by atoms with van der Waals surface area (Å²) >= 11 is 0. The molecule has 8 nitrogen and oxygen atoms in total. The van der Waals surface area contributed by atoms with Crippen molar-refractivity contribution in [1.29, 1.82) is 0 Å². The van der Waals surface area contributed by atoms with Crippen molar-refractivity contribution < 1.29 is 38.0 Å². The van der Waals surface area contributed by atoms with Crippen molar-refractivity contribution >= 4 is 18.0 Å². The van der Waals surface area contributed by atoms with Gasteiger partial charge in [0.2, 0.25) is 0 Å². The van der Waals surface area contributed by atoms with Crippen molar-refractivity contribution in [2.24, 2.45) is 0 Å². The molecule has 31 heavy (non-hydrogen) atoms. The van der Waals surface area contributed by atoms with Gasteiger partial charge in [0.1, 0.15) is 12.0 Å². The van der Waals surface area contributed by atoms with E-state index in [0.717, 1.165) is 0 Å². The first-order valence-electron chi connectivity index (χ1n) is 9.41. The summed E-state index contributed by atoms with van der Waals surface area (Å²) in [4.78, 5) is 24.3. The SMILES string of the molecule is COC(=O)/C=C/c1cc(OC)c2c(c1)[C@H](C(=O)OC)[C@@H](c1ccc(OC)c(OC)c1)O2. The third kappa shape index (κ3) is 4.28. The zero-order chi connectivity index (χ0) is 22.5. The van der Waals surface area contributed by atoms with Crippen LogP contribution in [0.3, 0.4) is 0 Å². The second-order valence-corrected chi connectivity index (χ2v) is 6.65. The number of carbonyl (C=O) groups is 2. The molecule has 0 radical (unpaired) electrons. The lowest BCUT2D eigenvalue weighted by Crippen LogP contribution is -2.20. The first-order valence-corrected chi connectivity index (χ1v) is 9.41. The molecular weight excluding hydrogens is 404 g/mol. The van der Waals surface area contributed by atoms with Crippen LogP contribution in [-0.2, 0) is 19.1 Å². The predicted octanol–water partition coefficient (Wildman–Crippen LogP) is 3.29. The molecule has 164 valence electrons. The molecule has 2 aromatic carbocycles. The monoisotopic (exact) mass is 428 g/mol. The summed E-state index contributed by atoms with van der Waals surface area (Å²) in [5, 5.41) is 0. The van der Waals surface area contributed by atoms with Gasteiger partial charge in [-0.25, -0.2) is 4.79 Å². The van der Waals surface area contributed by atoms with E-state index in [1.807, 2.05) is 0 Å². The lowest BCUT2D eigenvalue weighted by Gasteiger charge is -2.19. The van der Waals surface area contributed by atoms with Crippen molar-refractivity contribution in [1.82, 2.24) is 0 Å². The zero-order valence-corrected chi connectivity index (χ0v) is 18.0. The van der Waals surface area contributed by atoms with E-state index in [-0.39, 0.29) is 0 Å². The van der Waals surface area contributed by atoms with Crippen LogP contribution in [0.4, 0.5) is 0 Å². The first-order chi connectivity index (χ1) is 15.0. The van der Waals surface area contributed by atoms with E-state index >= 15 is 0 Å². The highest BCUT2D eigenvalue weighted by Gasteiger charge is 2.43. The Balaban J connectivity index is 2.10. The van der Waals surface area contributed by atoms with Crippen LogP contribution in [0.15, 0.2) is 36.4 Å². The summed E-state index contributed by atoms with van der Waals surface area (Å²) in [6, 6.07) is 8.79. The van der Waals surface area contributed by atoms with Crippen molar-refractivity contribution in [2.75, 3.05) is 35.5 Å². The van der Waals surface area contributed by atoms with Crippen LogP contribution in [0.5, 0.6) is 23.0 Å². The molecule has 0 unspecified atom stereocenters. The maximum Gasteiger partial charge on any atom is 0.330 e. The van der Waals surface area contributed by atoms with Crippen molar-refractivity contribution in [3.05, 3.63) is 53.1 Å². The van der Waals surface area contributed by atoms with Crippen molar-refractivity contribution in [2.45, 2.75) is 12.0 Å². The van der Waals surface area contributed by atoms with Gasteiger partial charge in [0.15, 0.2) is 23.0 Å². The Morgan fingerprint density at radius 1 is 0.871 bits per heavy atom. The molecule has 0 amide bonds. The van der Waals surface area contributed by atoms with Gasteiger partial charge < -0.3 is 28.4 Å². The number of rotatable bonds is 7. The second-order valence-electron chi connectivity index (χ2n) is 6.65. The highest BCUT2D eigenvalue weighted by atomic mass is 16.5. The fourth-order valence-corrected chi connectivity index (χ4v) is 3.51. The molecule has 3 rings (SSSR count). The molecule has 0 aliphatic carbocycles. The molecule has 8 heteroatoms. The lowest BCUT2D eigenvalue weighted by molar-refractivity contribution is -0.144. The van der Waals surface area contributed by atoms with Gasteiger partial charge in [0.05, 0.1) is 35.5 Å². The fraction of sp³-hybridized carbons (Fsp3) is 0.304. The van der Waals surface area contributed by atoms with E-state index in [2.05, 4.69) is 4.74 Å². The van der Waals surface area contributed by atoms with Crippen molar-refractivity contribution in [3.8, 4) is 23.0 Å². The number of hydrogen-bond acceptors (Lipinski definition) is 8. The molecule has 1 heterocycles. The van der Waals surface area contributed by atoms with Crippen LogP contribution in [0.25, 0.3) is 6.08 Å². The van der Waals surface area contributed by atoms with Crippen LogP contribution in [0.1, 0.15) is 28.7 Å². The molecule has 0 saturated carbocycles. The molecule has 0 saturated heterocycles. The van der Waals surface area contributed by atoms with Gasteiger partial charge in [-0.05, 0) is 41.5 Å². The van der Waals surface area contributed by atoms with Crippen LogP contribution in [-0.4, -0.2) is 47.5 Å². The van der Waals surface area contributed by atoms with E-state index < -0.39 is 24.0 Å². The Hall–Kier alpha value is -3.68. The minimum Gasteiger partial charge on any atom is -0.493 e. The van der Waals surface area contributed by atoms with E-state index in [0.29, 0.717) is 39.7 Å². The largest absolute Gasteiger partial charge is 0.493 e. The van der Waals surface area contributed by atoms with Gasteiger partial charge in [0, 0.05) is 11.6 Å². The van der Waals surface area contributed by atoms with E-state index in [9.17, 15) is 9.59 Å². The van der Waals surface area contributed by atoms with Gasteiger partial charge >= 0.3 is 11.9 Å². The quantitative estimate of drug-likeness (QED) is 0.490. The normalized spacial score (nSPS) is 16.9. The van der Waals surface area contributed by atoms with E-state index in [1.165, 1.54) is 34.5 Å². The van der Waals surface area contributed by atoms with Crippen molar-refractivity contribution in [3.63, 3.8) is 0 Å². The summed E-state index contributed by atoms with van der Waals surface area (Å²) in [6.07, 6.45) is 2.19. The average Bonchev–Trinajstić information content (AvgIpc) is 3.20. The van der Waals surface area contributed by atoms with Crippen LogP contribution >= 0.6 is 0 Å². The molecular formula is C23H24O8. The summed E-state index contributed by atoms with van der Waals surface area (Å²) in [5.74, 6) is 0.226. The Morgan fingerprint density at radius 2 is 1.58 bits per heavy atom. The highest BCUT2D eigenvalue weighted by molar-refractivity contribution is 5.88. The minimum atomic E-state index is -0.751. The standard InChI is InChI=1S/C23H24O8/c1-26-16-8-7-14(12-17(16)27-2)21-20(23(25)30-5)15-10-13(6-9-19(24)29-4)11-18(28-3)22(15)31-21/h6-12,20-21H,1-5H3/b9-6+/t20-,21+/m0/s1. The summed E-state index contributed by atoms with van der Waals surface area (Å²) < 4.78 is 32.1. The van der Waals surface area contributed by atoms with Crippen LogP contribution in [0, 0.1) is 0 Å². The number of benzene rings is 2. The summed E-state index contributed by atoms with van der Waals surface area (Å²) in [7, 11) is 7.20. The third-order valence-corrected chi connectivity index (χ3v) is 5.01. The highest BCUT2D eigenvalue weighted by Crippen LogP contribution is 2.52. The van der Waals surface area contributed by atoms with Gasteiger partial charge in [-0.15, -0.1) is 0 Å². The first kappa shape index (κ1) is 22.0. The number of esters is 2. The van der Waals surface area contributed by atoms with Crippen LogP contribution < -0.4 is 18.9 Å². The molecule has 2 aromatic rings. The molecule has 1 aliphatic rings. The molecule has 0 N–H and O–H groups in total. The zero-order valence-electron chi connectivity index (χ0n) is 18.0. The van der Waals surface area contributed by atoms with Gasteiger partial charge in [-0.1, -0.05) is 6.07 Å². The second kappa shape index (κ2) is 9.42. The summed E-state index contributed by atoms with van der Waals surface area (Å²) in [5.41, 5.74) is 1.94. The number of hydrogen-bond donors (Lipinski definition) is 0. The smallest absolute Gasteiger partial charge is 0.330 e. The number of carbonyl (C=O) groups excluding carboxylic acids is 2. The van der Waals surface area contributed by atoms with E-state index in [1.54, 1.807) is 43.5 Å². The number of methoxy groups -OCH3 is 5. The molecule has 1 aliphatic heterocycles. The van der Waals surface area contributed by atoms with Crippen LogP contribution in [0.2, 0.25) is 0 Å². The fourth-order valence-electron chi connectivity index (χ4n) is 3.51. The van der Waals surface area contributed by atoms with Gasteiger partial charge in [-0.2, -0.15) is 0 Å². The Labute approximate surface area is 180 Å². The lowest BCUT2D eigenvalue weighted by atomic mass is 9.90. The topological polar surface area (TPSA) is 89.5 Å². The molecule has 2 atom stereocenters. The molecule has 0 bridgehead atoms. The number of fused-ring (bicyclic) bond motifs is 1. The minimum absolute atomic E-state index is 0.430. The van der Waals surface area contributed by atoms with Gasteiger partial charge in [0.25, 0.3) is 0 Å². The Morgan fingerprint density at radius 3 is 2.19 bits per heavy atom. The maximum absolute atomic E-state index is 12.8. The average molecular weight is 428 g/mol. The maximum atomic E-state index is 12.8. The molecule has 0 aromatic heterocycles. The molecule has 0 fully saturated rings. The summed E-state index contributed by atoms with van der Waals surface area (Å²) in [6.45, 7) is 0.